The van der Waals surface area contributed by atoms with Crippen molar-refractivity contribution in [2.75, 3.05) is 13.2 Å². The zero-order valence-corrected chi connectivity index (χ0v) is 11.2. The number of rotatable bonds is 8. The lowest BCUT2D eigenvalue weighted by molar-refractivity contribution is -0.387. The summed E-state index contributed by atoms with van der Waals surface area (Å²) in [4.78, 5) is 20.9. The average Bonchev–Trinajstić information content (AvgIpc) is 2.40. The Balaban J connectivity index is 2.38. The fraction of sp³-hybridized carbons (Fsp3) is 0.462. The molecule has 0 saturated carbocycles. The second-order valence-electron chi connectivity index (χ2n) is 4.09. The lowest BCUT2D eigenvalue weighted by atomic mass is 10.2. The van der Waals surface area contributed by atoms with Gasteiger partial charge < -0.3 is 10.1 Å². The van der Waals surface area contributed by atoms with Crippen LogP contribution in [0.15, 0.2) is 18.2 Å². The van der Waals surface area contributed by atoms with E-state index in [0.29, 0.717) is 19.6 Å². The standard InChI is InChI=1S/C13H17FN2O4/c1-2-20-12(17)7-4-8-15-9-10-5-3-6-11(13(10)14)16(18)19/h3,5-6,15H,2,4,7-9H2,1H3. The van der Waals surface area contributed by atoms with Crippen molar-refractivity contribution in [2.24, 2.45) is 0 Å². The van der Waals surface area contributed by atoms with Crippen molar-refractivity contribution in [3.05, 3.63) is 39.7 Å². The highest BCUT2D eigenvalue weighted by atomic mass is 19.1. The SMILES string of the molecule is CCOC(=O)CCCNCc1cccc([N+](=O)[O-])c1F. The van der Waals surface area contributed by atoms with Gasteiger partial charge in [0.2, 0.25) is 5.82 Å². The van der Waals surface area contributed by atoms with Gasteiger partial charge in [0.25, 0.3) is 0 Å². The van der Waals surface area contributed by atoms with Crippen LogP contribution in [0, 0.1) is 15.9 Å². The van der Waals surface area contributed by atoms with E-state index >= 15 is 0 Å². The fourth-order valence-electron chi connectivity index (χ4n) is 1.66. The molecule has 0 aliphatic rings. The van der Waals surface area contributed by atoms with Crippen molar-refractivity contribution in [1.82, 2.24) is 5.32 Å². The third-order valence-electron chi connectivity index (χ3n) is 2.61. The number of nitro groups is 1. The predicted octanol–water partition coefficient (Wildman–Crippen LogP) is 2.17. The van der Waals surface area contributed by atoms with Crippen LogP contribution >= 0.6 is 0 Å². The van der Waals surface area contributed by atoms with Crippen molar-refractivity contribution in [2.45, 2.75) is 26.3 Å². The Morgan fingerprint density at radius 1 is 1.50 bits per heavy atom. The number of carbonyl (C=O) groups excluding carboxylic acids is 1. The first-order valence-corrected chi connectivity index (χ1v) is 6.34. The number of carbonyl (C=O) groups is 1. The Morgan fingerprint density at radius 3 is 2.90 bits per heavy atom. The minimum Gasteiger partial charge on any atom is -0.466 e. The van der Waals surface area contributed by atoms with E-state index < -0.39 is 16.4 Å². The number of hydrogen-bond acceptors (Lipinski definition) is 5. The Morgan fingerprint density at radius 2 is 2.25 bits per heavy atom. The highest BCUT2D eigenvalue weighted by Crippen LogP contribution is 2.19. The summed E-state index contributed by atoms with van der Waals surface area (Å²) < 4.78 is 18.5. The van der Waals surface area contributed by atoms with Gasteiger partial charge in [-0.3, -0.25) is 14.9 Å². The number of hydrogen-bond donors (Lipinski definition) is 1. The Kier molecular flexibility index (Phi) is 6.58. The minimum atomic E-state index is -0.824. The maximum Gasteiger partial charge on any atom is 0.305 e. The number of esters is 1. The third-order valence-corrected chi connectivity index (χ3v) is 2.61. The van der Waals surface area contributed by atoms with Gasteiger partial charge in [-0.25, -0.2) is 0 Å². The van der Waals surface area contributed by atoms with Gasteiger partial charge in [-0.2, -0.15) is 4.39 Å². The van der Waals surface area contributed by atoms with Crippen LogP contribution in [0.5, 0.6) is 0 Å². The van der Waals surface area contributed by atoms with Gasteiger partial charge in [0, 0.05) is 24.6 Å². The maximum atomic E-state index is 13.7. The van der Waals surface area contributed by atoms with Gasteiger partial charge >= 0.3 is 11.7 Å². The van der Waals surface area contributed by atoms with E-state index in [0.717, 1.165) is 6.07 Å². The molecular weight excluding hydrogens is 267 g/mol. The molecule has 1 aromatic rings. The lowest BCUT2D eigenvalue weighted by Crippen LogP contribution is -2.17. The minimum absolute atomic E-state index is 0.177. The average molecular weight is 284 g/mol. The van der Waals surface area contributed by atoms with E-state index in [-0.39, 0.29) is 24.5 Å². The van der Waals surface area contributed by atoms with Crippen molar-refractivity contribution < 1.29 is 18.8 Å². The Bertz CT molecular complexity index is 479. The van der Waals surface area contributed by atoms with Gasteiger partial charge in [0.1, 0.15) is 0 Å². The summed E-state index contributed by atoms with van der Waals surface area (Å²) in [5.74, 6) is -1.09. The molecule has 0 fully saturated rings. The molecule has 0 aromatic heterocycles. The van der Waals surface area contributed by atoms with Crippen LogP contribution in [0.3, 0.4) is 0 Å². The fourth-order valence-corrected chi connectivity index (χ4v) is 1.66. The molecule has 0 unspecified atom stereocenters. The molecule has 0 aliphatic carbocycles. The molecule has 0 heterocycles. The van der Waals surface area contributed by atoms with Crippen LogP contribution in [0.4, 0.5) is 10.1 Å². The molecule has 0 saturated heterocycles. The molecule has 0 amide bonds. The largest absolute Gasteiger partial charge is 0.466 e. The van der Waals surface area contributed by atoms with Crippen LogP contribution in [0.2, 0.25) is 0 Å². The summed E-state index contributed by atoms with van der Waals surface area (Å²) in [6, 6.07) is 4.05. The Hall–Kier alpha value is -2.02. The smallest absolute Gasteiger partial charge is 0.305 e. The number of halogens is 1. The van der Waals surface area contributed by atoms with Crippen LogP contribution < -0.4 is 5.32 Å². The van der Waals surface area contributed by atoms with E-state index in [4.69, 9.17) is 4.74 Å². The molecule has 1 N–H and O–H groups in total. The molecule has 0 bridgehead atoms. The van der Waals surface area contributed by atoms with E-state index in [1.807, 2.05) is 0 Å². The van der Waals surface area contributed by atoms with E-state index in [1.165, 1.54) is 12.1 Å². The first-order chi connectivity index (χ1) is 9.56. The van der Waals surface area contributed by atoms with Gasteiger partial charge in [-0.05, 0) is 19.9 Å². The van der Waals surface area contributed by atoms with Crippen molar-refractivity contribution >= 4 is 11.7 Å². The predicted molar refractivity (Wildman–Crippen MR) is 70.6 cm³/mol. The topological polar surface area (TPSA) is 81.5 Å². The second kappa shape index (κ2) is 8.21. The molecule has 110 valence electrons. The molecule has 0 radical (unpaired) electrons. The summed E-state index contributed by atoms with van der Waals surface area (Å²) in [6.45, 7) is 2.77. The first-order valence-electron chi connectivity index (χ1n) is 6.34. The number of nitrogens with zero attached hydrogens (tertiary/aromatic N) is 1. The number of ether oxygens (including phenoxy) is 1. The Labute approximate surface area is 116 Å². The monoisotopic (exact) mass is 284 g/mol. The molecule has 7 heteroatoms. The van der Waals surface area contributed by atoms with Gasteiger partial charge in [0.15, 0.2) is 0 Å². The van der Waals surface area contributed by atoms with Gasteiger partial charge in [-0.1, -0.05) is 12.1 Å². The quantitative estimate of drug-likeness (QED) is 0.342. The molecule has 0 spiro atoms. The summed E-state index contributed by atoms with van der Waals surface area (Å²) in [5.41, 5.74) is -0.300. The van der Waals surface area contributed by atoms with Crippen molar-refractivity contribution in [1.29, 1.82) is 0 Å². The second-order valence-corrected chi connectivity index (χ2v) is 4.09. The van der Waals surface area contributed by atoms with Crippen LogP contribution in [-0.2, 0) is 16.1 Å². The van der Waals surface area contributed by atoms with Crippen molar-refractivity contribution in [3.8, 4) is 0 Å². The molecule has 20 heavy (non-hydrogen) atoms. The normalized spacial score (nSPS) is 10.3. The van der Waals surface area contributed by atoms with Gasteiger partial charge in [-0.15, -0.1) is 0 Å². The summed E-state index contributed by atoms with van der Waals surface area (Å²) in [6.07, 6.45) is 0.855. The highest BCUT2D eigenvalue weighted by Gasteiger charge is 2.16. The molecule has 0 atom stereocenters. The zero-order chi connectivity index (χ0) is 15.0. The van der Waals surface area contributed by atoms with E-state index in [1.54, 1.807) is 6.92 Å². The summed E-state index contributed by atoms with van der Waals surface area (Å²) >= 11 is 0. The number of nitro benzene ring substituents is 1. The third kappa shape index (κ3) is 4.93. The first kappa shape index (κ1) is 16.0. The van der Waals surface area contributed by atoms with Crippen LogP contribution in [-0.4, -0.2) is 24.0 Å². The van der Waals surface area contributed by atoms with Crippen LogP contribution in [0.25, 0.3) is 0 Å². The van der Waals surface area contributed by atoms with E-state index in [2.05, 4.69) is 5.32 Å². The molecule has 6 nitrogen and oxygen atoms in total. The lowest BCUT2D eigenvalue weighted by Gasteiger charge is -2.06. The molecule has 0 aliphatic heterocycles. The summed E-state index contributed by atoms with van der Waals surface area (Å²) in [7, 11) is 0. The zero-order valence-electron chi connectivity index (χ0n) is 11.2. The number of nitrogens with one attached hydrogen (secondary N) is 1. The molecule has 1 rings (SSSR count). The highest BCUT2D eigenvalue weighted by molar-refractivity contribution is 5.69. The van der Waals surface area contributed by atoms with Crippen molar-refractivity contribution in [3.63, 3.8) is 0 Å². The van der Waals surface area contributed by atoms with E-state index in [9.17, 15) is 19.3 Å². The molecular formula is C13H17FN2O4. The summed E-state index contributed by atoms with van der Waals surface area (Å²) in [5, 5.41) is 13.5. The molecule has 1 aromatic carbocycles. The van der Waals surface area contributed by atoms with Gasteiger partial charge in [0.05, 0.1) is 11.5 Å². The number of benzene rings is 1. The van der Waals surface area contributed by atoms with Crippen LogP contribution in [0.1, 0.15) is 25.3 Å². The maximum absolute atomic E-state index is 13.7.